The second-order valence-corrected chi connectivity index (χ2v) is 6.29. The summed E-state index contributed by atoms with van der Waals surface area (Å²) in [5.41, 5.74) is 4.39. The molecule has 27 heavy (non-hydrogen) atoms. The van der Waals surface area contributed by atoms with Crippen LogP contribution >= 0.6 is 11.3 Å². The zero-order valence-corrected chi connectivity index (χ0v) is 14.0. The summed E-state index contributed by atoms with van der Waals surface area (Å²) in [5, 5.41) is 0.318. The van der Waals surface area contributed by atoms with Crippen molar-refractivity contribution in [3.05, 3.63) is 52.5 Å². The van der Waals surface area contributed by atoms with Crippen molar-refractivity contribution >= 4 is 27.5 Å². The largest absolute Gasteiger partial charge is 0.573 e. The van der Waals surface area contributed by atoms with Gasteiger partial charge in [-0.25, -0.2) is 13.8 Å². The maximum atomic E-state index is 14.1. The average molecular weight is 404 g/mol. The number of carbonyl (C=O) groups is 1. The maximum Gasteiger partial charge on any atom is 0.573 e. The third-order valence-electron chi connectivity index (χ3n) is 3.29. The van der Waals surface area contributed by atoms with Gasteiger partial charge in [0.05, 0.1) is 10.2 Å². The number of amides is 1. The van der Waals surface area contributed by atoms with Gasteiger partial charge >= 0.3 is 6.36 Å². The van der Waals surface area contributed by atoms with Crippen LogP contribution in [-0.4, -0.2) is 17.3 Å². The minimum atomic E-state index is -4.82. The highest BCUT2D eigenvalue weighted by Gasteiger charge is 2.31. The highest BCUT2D eigenvalue weighted by atomic mass is 32.1. The Balaban J connectivity index is 1.80. The highest BCUT2D eigenvalue weighted by Crippen LogP contribution is 2.30. The topological polar surface area (TPSA) is 74.4 Å². The van der Waals surface area contributed by atoms with E-state index in [9.17, 15) is 26.7 Å². The third-order valence-corrected chi connectivity index (χ3v) is 4.28. The second-order valence-electron chi connectivity index (χ2n) is 5.17. The number of halogens is 5. The molecule has 0 fully saturated rings. The van der Waals surface area contributed by atoms with Crippen molar-refractivity contribution in [1.82, 2.24) is 4.98 Å². The van der Waals surface area contributed by atoms with Crippen LogP contribution in [0.2, 0.25) is 0 Å². The fraction of sp³-hybridized carbons (Fsp3) is 0.125. The molecule has 2 N–H and O–H groups in total. The van der Waals surface area contributed by atoms with Crippen LogP contribution in [0.5, 0.6) is 11.5 Å². The number of rotatable bonds is 5. The molecule has 0 aliphatic rings. The third kappa shape index (κ3) is 4.25. The molecule has 0 atom stereocenters. The molecular weight excluding hydrogens is 395 g/mol. The Morgan fingerprint density at radius 3 is 2.59 bits per heavy atom. The molecule has 0 aliphatic carbocycles. The van der Waals surface area contributed by atoms with Crippen LogP contribution in [0.15, 0.2) is 30.3 Å². The zero-order valence-electron chi connectivity index (χ0n) is 13.1. The van der Waals surface area contributed by atoms with Gasteiger partial charge in [0.15, 0.2) is 11.6 Å². The fourth-order valence-corrected chi connectivity index (χ4v) is 3.13. The standard InChI is InChI=1S/C16H9F5N2O3S/c17-8-2-4-10(14(18)13(8)15(22)24)25-6-12-23-9-3-1-7(5-11(9)27-12)26-16(19,20)21/h1-5H,6H2,(H2,22,24). The summed E-state index contributed by atoms with van der Waals surface area (Å²) in [4.78, 5) is 15.2. The second kappa shape index (κ2) is 6.99. The van der Waals surface area contributed by atoms with Crippen LogP contribution in [-0.2, 0) is 6.61 Å². The van der Waals surface area contributed by atoms with E-state index in [1.807, 2.05) is 0 Å². The number of primary amides is 1. The molecule has 0 saturated carbocycles. The van der Waals surface area contributed by atoms with Gasteiger partial charge in [-0.05, 0) is 30.3 Å². The molecule has 0 radical (unpaired) electrons. The summed E-state index contributed by atoms with van der Waals surface area (Å²) in [6.07, 6.45) is -4.82. The molecule has 0 unspecified atom stereocenters. The van der Waals surface area contributed by atoms with Crippen LogP contribution in [0.1, 0.15) is 15.4 Å². The Hall–Kier alpha value is -2.95. The van der Waals surface area contributed by atoms with Gasteiger partial charge in [-0.1, -0.05) is 0 Å². The van der Waals surface area contributed by atoms with Gasteiger partial charge in [0.1, 0.15) is 28.7 Å². The van der Waals surface area contributed by atoms with Crippen molar-refractivity contribution in [3.63, 3.8) is 0 Å². The van der Waals surface area contributed by atoms with Crippen molar-refractivity contribution in [2.75, 3.05) is 0 Å². The van der Waals surface area contributed by atoms with Crippen molar-refractivity contribution < 1.29 is 36.2 Å². The summed E-state index contributed by atoms with van der Waals surface area (Å²) in [5.74, 6) is -4.46. The van der Waals surface area contributed by atoms with E-state index in [1.54, 1.807) is 0 Å². The number of thiazole rings is 1. The molecule has 0 aliphatic heterocycles. The molecule has 2 aromatic carbocycles. The van der Waals surface area contributed by atoms with E-state index in [2.05, 4.69) is 9.72 Å². The normalized spacial score (nSPS) is 11.6. The van der Waals surface area contributed by atoms with Gasteiger partial charge in [-0.3, -0.25) is 4.79 Å². The van der Waals surface area contributed by atoms with E-state index in [-0.39, 0.29) is 6.61 Å². The number of ether oxygens (including phenoxy) is 2. The minimum Gasteiger partial charge on any atom is -0.483 e. The Labute approximate surface area is 152 Å². The summed E-state index contributed by atoms with van der Waals surface area (Å²) >= 11 is 1.00. The predicted octanol–water partition coefficient (Wildman–Crippen LogP) is 4.15. The van der Waals surface area contributed by atoms with Gasteiger partial charge in [-0.2, -0.15) is 0 Å². The highest BCUT2D eigenvalue weighted by molar-refractivity contribution is 7.18. The summed E-state index contributed by atoms with van der Waals surface area (Å²) < 4.78 is 73.7. The van der Waals surface area contributed by atoms with Gasteiger partial charge in [0.2, 0.25) is 0 Å². The first-order chi connectivity index (χ1) is 12.6. The Kier molecular flexibility index (Phi) is 4.87. The first kappa shape index (κ1) is 18.8. The summed E-state index contributed by atoms with van der Waals surface area (Å²) in [7, 11) is 0. The number of hydrogen-bond donors (Lipinski definition) is 1. The molecule has 5 nitrogen and oxygen atoms in total. The fourth-order valence-electron chi connectivity index (χ4n) is 2.22. The lowest BCUT2D eigenvalue weighted by Gasteiger charge is -2.08. The van der Waals surface area contributed by atoms with Crippen molar-refractivity contribution in [2.24, 2.45) is 5.73 Å². The van der Waals surface area contributed by atoms with Crippen molar-refractivity contribution in [2.45, 2.75) is 13.0 Å². The van der Waals surface area contributed by atoms with E-state index in [0.29, 0.717) is 15.2 Å². The monoisotopic (exact) mass is 404 g/mol. The lowest BCUT2D eigenvalue weighted by atomic mass is 10.2. The number of hydrogen-bond acceptors (Lipinski definition) is 5. The Morgan fingerprint density at radius 1 is 1.19 bits per heavy atom. The molecule has 1 heterocycles. The quantitative estimate of drug-likeness (QED) is 0.649. The molecule has 0 saturated heterocycles. The van der Waals surface area contributed by atoms with Gasteiger partial charge in [0, 0.05) is 0 Å². The minimum absolute atomic E-state index is 0.254. The van der Waals surface area contributed by atoms with Crippen molar-refractivity contribution in [1.29, 1.82) is 0 Å². The van der Waals surface area contributed by atoms with E-state index in [0.717, 1.165) is 35.6 Å². The van der Waals surface area contributed by atoms with Crippen molar-refractivity contribution in [3.8, 4) is 11.5 Å². The van der Waals surface area contributed by atoms with E-state index in [4.69, 9.17) is 10.5 Å². The maximum absolute atomic E-state index is 14.1. The van der Waals surface area contributed by atoms with Crippen LogP contribution in [0.3, 0.4) is 0 Å². The number of aromatic nitrogens is 1. The molecule has 1 aromatic heterocycles. The number of fused-ring (bicyclic) bond motifs is 1. The predicted molar refractivity (Wildman–Crippen MR) is 85.5 cm³/mol. The number of nitrogens with two attached hydrogens (primary N) is 1. The first-order valence-electron chi connectivity index (χ1n) is 7.20. The van der Waals surface area contributed by atoms with Crippen LogP contribution in [0, 0.1) is 11.6 Å². The van der Waals surface area contributed by atoms with Gasteiger partial charge in [-0.15, -0.1) is 24.5 Å². The number of benzene rings is 2. The van der Waals surface area contributed by atoms with Crippen LogP contribution in [0.4, 0.5) is 22.0 Å². The molecule has 3 rings (SSSR count). The van der Waals surface area contributed by atoms with Crippen LogP contribution in [0.25, 0.3) is 10.2 Å². The lowest BCUT2D eigenvalue weighted by molar-refractivity contribution is -0.274. The molecule has 11 heteroatoms. The van der Waals surface area contributed by atoms with Crippen LogP contribution < -0.4 is 15.2 Å². The van der Waals surface area contributed by atoms with E-state index in [1.165, 1.54) is 6.07 Å². The Morgan fingerprint density at radius 2 is 1.93 bits per heavy atom. The van der Waals surface area contributed by atoms with E-state index >= 15 is 0 Å². The molecule has 142 valence electrons. The average Bonchev–Trinajstić information content (AvgIpc) is 2.94. The number of nitrogens with zero attached hydrogens (tertiary/aromatic N) is 1. The van der Waals surface area contributed by atoms with E-state index < -0.39 is 41.0 Å². The zero-order chi connectivity index (χ0) is 19.8. The summed E-state index contributed by atoms with van der Waals surface area (Å²) in [6, 6.07) is 5.42. The Bertz CT molecular complexity index is 1020. The van der Waals surface area contributed by atoms with Gasteiger partial charge in [0.25, 0.3) is 5.91 Å². The van der Waals surface area contributed by atoms with Gasteiger partial charge < -0.3 is 15.2 Å². The summed E-state index contributed by atoms with van der Waals surface area (Å²) in [6.45, 7) is -0.254. The molecular formula is C16H9F5N2O3S. The molecule has 0 spiro atoms. The SMILES string of the molecule is NC(=O)c1c(F)ccc(OCc2nc3ccc(OC(F)(F)F)cc3s2)c1F. The lowest BCUT2D eigenvalue weighted by Crippen LogP contribution is -2.16. The number of alkyl halides is 3. The molecule has 1 amide bonds. The number of carbonyl (C=O) groups excluding carboxylic acids is 1. The first-order valence-corrected chi connectivity index (χ1v) is 8.01. The smallest absolute Gasteiger partial charge is 0.483 e. The molecule has 3 aromatic rings. The molecule has 0 bridgehead atoms.